The first kappa shape index (κ1) is 28.5. The van der Waals surface area contributed by atoms with E-state index in [9.17, 15) is 4.79 Å². The second kappa shape index (κ2) is 11.6. The van der Waals surface area contributed by atoms with Gasteiger partial charge in [-0.1, -0.05) is 42.5 Å². The van der Waals surface area contributed by atoms with Crippen molar-refractivity contribution in [1.82, 2.24) is 19.7 Å². The van der Waals surface area contributed by atoms with Crippen molar-refractivity contribution in [1.29, 1.82) is 0 Å². The predicted molar refractivity (Wildman–Crippen MR) is 177 cm³/mol. The molecular formula is C34H35N7OS. The number of amides is 1. The predicted octanol–water partition coefficient (Wildman–Crippen LogP) is 6.52. The van der Waals surface area contributed by atoms with Gasteiger partial charge in [0.05, 0.1) is 34.2 Å². The fraction of sp³-hybridized carbons (Fsp3) is 0.235. The summed E-state index contributed by atoms with van der Waals surface area (Å²) >= 11 is 1.60. The van der Waals surface area contributed by atoms with Gasteiger partial charge in [-0.05, 0) is 61.9 Å². The second-order valence-corrected chi connectivity index (χ2v) is 12.2. The summed E-state index contributed by atoms with van der Waals surface area (Å²) in [5.74, 6) is 0.753. The number of benzene rings is 3. The monoisotopic (exact) mass is 589 g/mol. The smallest absolute Gasteiger partial charge is 0.240 e. The first-order chi connectivity index (χ1) is 20.7. The average molecular weight is 590 g/mol. The molecule has 5 aromatic rings. The molecule has 1 aliphatic rings. The van der Waals surface area contributed by atoms with E-state index in [2.05, 4.69) is 65.3 Å². The number of nitrogens with zero attached hydrogens (tertiary/aromatic N) is 7. The van der Waals surface area contributed by atoms with Crippen LogP contribution in [0.25, 0.3) is 28.2 Å². The molecule has 8 nitrogen and oxygen atoms in total. The van der Waals surface area contributed by atoms with Gasteiger partial charge in [0.25, 0.3) is 0 Å². The van der Waals surface area contributed by atoms with E-state index in [1.54, 1.807) is 16.7 Å². The summed E-state index contributed by atoms with van der Waals surface area (Å²) in [5.41, 5.74) is 9.43. The molecule has 1 saturated heterocycles. The Labute approximate surface area is 257 Å². The van der Waals surface area contributed by atoms with Crippen LogP contribution in [0.4, 0.5) is 17.3 Å². The number of carbonyl (C=O) groups is 1. The number of hydrogen-bond acceptors (Lipinski definition) is 7. The fourth-order valence-electron chi connectivity index (χ4n) is 5.41. The Kier molecular flexibility index (Phi) is 7.66. The van der Waals surface area contributed by atoms with Gasteiger partial charge < -0.3 is 9.80 Å². The molecule has 1 amide bonds. The van der Waals surface area contributed by atoms with Crippen molar-refractivity contribution >= 4 is 35.0 Å². The summed E-state index contributed by atoms with van der Waals surface area (Å²) in [6, 6.07) is 28.7. The van der Waals surface area contributed by atoms with Gasteiger partial charge in [0.2, 0.25) is 11.9 Å². The van der Waals surface area contributed by atoms with Crippen LogP contribution in [0.3, 0.4) is 0 Å². The van der Waals surface area contributed by atoms with Crippen LogP contribution in [0.15, 0.2) is 84.9 Å². The number of hydrogen-bond donors (Lipinski definition) is 0. The Hall–Kier alpha value is -4.63. The van der Waals surface area contributed by atoms with E-state index in [1.807, 2.05) is 76.2 Å². The molecular weight excluding hydrogens is 554 g/mol. The maximum absolute atomic E-state index is 13.5. The Morgan fingerprint density at radius 2 is 1.40 bits per heavy atom. The van der Waals surface area contributed by atoms with E-state index >= 15 is 0 Å². The van der Waals surface area contributed by atoms with Gasteiger partial charge in [-0.15, -0.1) is 11.8 Å². The van der Waals surface area contributed by atoms with Crippen molar-refractivity contribution in [2.45, 2.75) is 19.2 Å². The molecule has 3 aromatic carbocycles. The molecule has 1 aliphatic heterocycles. The van der Waals surface area contributed by atoms with Crippen molar-refractivity contribution in [2.75, 3.05) is 48.6 Å². The highest BCUT2D eigenvalue weighted by atomic mass is 32.2. The zero-order valence-corrected chi connectivity index (χ0v) is 26.1. The standard InChI is InChI=1S/C34H35N7OS/c1-22-32(23(2)41(37-22)28-10-8-7-9-11-28)30-20-29(24-12-16-26(17-13-24)38(3)4)35-34(36-30)40-31(42)21-43-33(40)25-14-18-27(19-15-25)39(5)6/h7-20,33H,21H2,1-6H3. The fourth-order valence-corrected chi connectivity index (χ4v) is 6.56. The van der Waals surface area contributed by atoms with Crippen LogP contribution in [-0.4, -0.2) is 59.6 Å². The van der Waals surface area contributed by atoms with Gasteiger partial charge in [-0.3, -0.25) is 9.69 Å². The number of aryl methyl sites for hydroxylation is 1. The molecule has 1 atom stereocenters. The molecule has 9 heteroatoms. The number of carbonyl (C=O) groups excluding carboxylic acids is 1. The van der Waals surface area contributed by atoms with Gasteiger partial charge in [0.15, 0.2) is 0 Å². The van der Waals surface area contributed by atoms with E-state index in [0.717, 1.165) is 56.5 Å². The molecule has 0 N–H and O–H groups in total. The van der Waals surface area contributed by atoms with Gasteiger partial charge in [-0.25, -0.2) is 14.6 Å². The van der Waals surface area contributed by atoms with Gasteiger partial charge in [-0.2, -0.15) is 5.10 Å². The van der Waals surface area contributed by atoms with Crippen molar-refractivity contribution in [3.05, 3.63) is 102 Å². The molecule has 0 bridgehead atoms. The molecule has 3 heterocycles. The van der Waals surface area contributed by atoms with E-state index in [1.165, 1.54) is 0 Å². The van der Waals surface area contributed by atoms with Crippen LogP contribution in [0, 0.1) is 13.8 Å². The summed E-state index contributed by atoms with van der Waals surface area (Å²) in [6.45, 7) is 4.06. The third-order valence-electron chi connectivity index (χ3n) is 7.72. The highest BCUT2D eigenvalue weighted by Crippen LogP contribution is 2.42. The van der Waals surface area contributed by atoms with Crippen LogP contribution in [0.2, 0.25) is 0 Å². The quantitative estimate of drug-likeness (QED) is 0.214. The molecule has 0 spiro atoms. The zero-order valence-electron chi connectivity index (χ0n) is 25.3. The maximum atomic E-state index is 13.5. The molecule has 43 heavy (non-hydrogen) atoms. The summed E-state index contributed by atoms with van der Waals surface area (Å²) in [4.78, 5) is 29.4. The highest BCUT2D eigenvalue weighted by molar-refractivity contribution is 8.00. The largest absolute Gasteiger partial charge is 0.378 e. The molecule has 0 aliphatic carbocycles. The van der Waals surface area contributed by atoms with Gasteiger partial charge >= 0.3 is 0 Å². The third-order valence-corrected chi connectivity index (χ3v) is 8.93. The van der Waals surface area contributed by atoms with Crippen molar-refractivity contribution in [3.63, 3.8) is 0 Å². The Morgan fingerprint density at radius 1 is 0.791 bits per heavy atom. The van der Waals surface area contributed by atoms with E-state index in [4.69, 9.17) is 15.1 Å². The Bertz CT molecular complexity index is 1760. The Balaban J connectivity index is 1.50. The highest BCUT2D eigenvalue weighted by Gasteiger charge is 2.36. The summed E-state index contributed by atoms with van der Waals surface area (Å²) in [5, 5.41) is 4.65. The normalized spacial score (nSPS) is 14.8. The average Bonchev–Trinajstić information content (AvgIpc) is 3.55. The number of anilines is 3. The lowest BCUT2D eigenvalue weighted by Crippen LogP contribution is -2.30. The molecule has 2 aromatic heterocycles. The van der Waals surface area contributed by atoms with Crippen molar-refractivity contribution in [2.24, 2.45) is 0 Å². The Morgan fingerprint density at radius 3 is 2.02 bits per heavy atom. The molecule has 1 fully saturated rings. The van der Waals surface area contributed by atoms with Crippen molar-refractivity contribution < 1.29 is 4.79 Å². The molecule has 0 saturated carbocycles. The lowest BCUT2D eigenvalue weighted by molar-refractivity contribution is -0.115. The first-order valence-corrected chi connectivity index (χ1v) is 15.3. The summed E-state index contributed by atoms with van der Waals surface area (Å²) < 4.78 is 1.95. The molecule has 0 radical (unpaired) electrons. The first-order valence-electron chi connectivity index (χ1n) is 14.2. The van der Waals surface area contributed by atoms with Crippen LogP contribution in [-0.2, 0) is 4.79 Å². The van der Waals surface area contributed by atoms with Gasteiger partial charge in [0.1, 0.15) is 5.37 Å². The number of rotatable bonds is 7. The lowest BCUT2D eigenvalue weighted by Gasteiger charge is -2.24. The maximum Gasteiger partial charge on any atom is 0.240 e. The minimum Gasteiger partial charge on any atom is -0.378 e. The lowest BCUT2D eigenvalue weighted by atomic mass is 10.1. The summed E-state index contributed by atoms with van der Waals surface area (Å²) in [6.07, 6.45) is 0. The third kappa shape index (κ3) is 5.48. The van der Waals surface area contributed by atoms with E-state index in [-0.39, 0.29) is 11.3 Å². The SMILES string of the molecule is Cc1nn(-c2ccccc2)c(C)c1-c1cc(-c2ccc(N(C)C)cc2)nc(N2C(=O)CSC2c2ccc(N(C)C)cc2)n1. The van der Waals surface area contributed by atoms with E-state index in [0.29, 0.717) is 11.7 Å². The van der Waals surface area contributed by atoms with Crippen molar-refractivity contribution in [3.8, 4) is 28.2 Å². The van der Waals surface area contributed by atoms with Crippen LogP contribution >= 0.6 is 11.8 Å². The number of para-hydroxylation sites is 1. The molecule has 218 valence electrons. The van der Waals surface area contributed by atoms with Gasteiger partial charge in [0, 0.05) is 50.7 Å². The molecule has 1 unspecified atom stereocenters. The molecule has 6 rings (SSSR count). The number of thioether (sulfide) groups is 1. The topological polar surface area (TPSA) is 70.4 Å². The minimum absolute atomic E-state index is 0.00818. The van der Waals surface area contributed by atoms with Crippen LogP contribution < -0.4 is 14.7 Å². The van der Waals surface area contributed by atoms with E-state index < -0.39 is 0 Å². The zero-order chi connectivity index (χ0) is 30.2. The van der Waals surface area contributed by atoms with Crippen LogP contribution in [0.5, 0.6) is 0 Å². The minimum atomic E-state index is -0.225. The number of aromatic nitrogens is 4. The second-order valence-electron chi connectivity index (χ2n) is 11.1. The summed E-state index contributed by atoms with van der Waals surface area (Å²) in [7, 11) is 8.08. The van der Waals surface area contributed by atoms with Crippen LogP contribution in [0.1, 0.15) is 22.3 Å².